The summed E-state index contributed by atoms with van der Waals surface area (Å²) in [7, 11) is -3.25. The molecular weight excluding hydrogens is 345 g/mol. The van der Waals surface area contributed by atoms with Crippen molar-refractivity contribution < 1.29 is 26.4 Å². The Morgan fingerprint density at radius 2 is 2.08 bits per heavy atom. The third kappa shape index (κ3) is 5.20. The Morgan fingerprint density at radius 1 is 1.38 bits per heavy atom. The van der Waals surface area contributed by atoms with Crippen LogP contribution in [0.15, 0.2) is 24.3 Å². The van der Waals surface area contributed by atoms with Gasteiger partial charge in [-0.3, -0.25) is 4.79 Å². The molecule has 1 atom stereocenters. The van der Waals surface area contributed by atoms with E-state index in [2.05, 4.69) is 5.32 Å². The lowest BCUT2D eigenvalue weighted by Crippen LogP contribution is -2.29. The number of carbonyl (C=O) groups is 1. The number of benzene rings is 1. The number of amides is 1. The molecule has 9 heteroatoms. The van der Waals surface area contributed by atoms with E-state index in [1.165, 1.54) is 16.4 Å². The topological polar surface area (TPSA) is 66.5 Å². The van der Waals surface area contributed by atoms with Crippen molar-refractivity contribution in [2.45, 2.75) is 25.6 Å². The molecule has 1 saturated heterocycles. The highest BCUT2D eigenvalue weighted by atomic mass is 32.2. The minimum atomic E-state index is -4.42. The van der Waals surface area contributed by atoms with Crippen LogP contribution in [0, 0.1) is 5.92 Å². The van der Waals surface area contributed by atoms with E-state index >= 15 is 0 Å². The fourth-order valence-corrected chi connectivity index (χ4v) is 3.58. The van der Waals surface area contributed by atoms with Gasteiger partial charge in [0.25, 0.3) is 0 Å². The lowest BCUT2D eigenvalue weighted by Gasteiger charge is -2.13. The van der Waals surface area contributed by atoms with E-state index in [4.69, 9.17) is 0 Å². The molecule has 0 radical (unpaired) electrons. The highest BCUT2D eigenvalue weighted by Gasteiger charge is 2.31. The third-order valence-electron chi connectivity index (χ3n) is 3.94. The van der Waals surface area contributed by atoms with Gasteiger partial charge in [-0.25, -0.2) is 12.7 Å². The van der Waals surface area contributed by atoms with Crippen LogP contribution in [0.4, 0.5) is 13.2 Å². The molecule has 1 amide bonds. The van der Waals surface area contributed by atoms with Gasteiger partial charge in [0.15, 0.2) is 0 Å². The second kappa shape index (κ2) is 7.10. The van der Waals surface area contributed by atoms with Crippen LogP contribution in [0.2, 0.25) is 0 Å². The highest BCUT2D eigenvalue weighted by molar-refractivity contribution is 7.88. The van der Waals surface area contributed by atoms with Crippen LogP contribution in [0.25, 0.3) is 0 Å². The van der Waals surface area contributed by atoms with E-state index < -0.39 is 21.8 Å². The van der Waals surface area contributed by atoms with Crippen molar-refractivity contribution in [1.82, 2.24) is 9.62 Å². The number of nitrogens with zero attached hydrogens (tertiary/aromatic N) is 1. The van der Waals surface area contributed by atoms with Crippen molar-refractivity contribution >= 4 is 15.9 Å². The lowest BCUT2D eigenvalue weighted by molar-refractivity contribution is -0.137. The summed E-state index contributed by atoms with van der Waals surface area (Å²) in [5.74, 6) is -0.367. The van der Waals surface area contributed by atoms with Gasteiger partial charge in [-0.2, -0.15) is 13.2 Å². The molecule has 134 valence electrons. The molecule has 1 N–H and O–H groups in total. The SMILES string of the molecule is CS(=O)(=O)N1CCC(CC(=O)NCc2cccc(C(F)(F)F)c2)C1. The molecule has 0 bridgehead atoms. The number of hydrogen-bond acceptors (Lipinski definition) is 3. The first-order valence-corrected chi connectivity index (χ1v) is 9.28. The number of halogens is 3. The Labute approximate surface area is 138 Å². The fraction of sp³-hybridized carbons (Fsp3) is 0.533. The number of alkyl halides is 3. The van der Waals surface area contributed by atoms with E-state index in [1.807, 2.05) is 0 Å². The van der Waals surface area contributed by atoms with Crippen molar-refractivity contribution in [3.63, 3.8) is 0 Å². The molecule has 0 aromatic heterocycles. The summed E-state index contributed by atoms with van der Waals surface area (Å²) in [6.45, 7) is 0.700. The summed E-state index contributed by atoms with van der Waals surface area (Å²) in [5, 5.41) is 2.58. The van der Waals surface area contributed by atoms with Gasteiger partial charge in [0, 0.05) is 26.1 Å². The molecule has 1 aromatic carbocycles. The maximum absolute atomic E-state index is 12.6. The summed E-state index contributed by atoms with van der Waals surface area (Å²) >= 11 is 0. The second-order valence-corrected chi connectivity index (χ2v) is 7.94. The first kappa shape index (κ1) is 18.7. The van der Waals surface area contributed by atoms with E-state index in [9.17, 15) is 26.4 Å². The predicted octanol–water partition coefficient (Wildman–Crippen LogP) is 1.99. The van der Waals surface area contributed by atoms with Gasteiger partial charge in [0.2, 0.25) is 15.9 Å². The number of rotatable bonds is 5. The molecule has 0 aliphatic carbocycles. The normalized spacial score (nSPS) is 19.4. The van der Waals surface area contributed by atoms with Crippen molar-refractivity contribution in [3.05, 3.63) is 35.4 Å². The predicted molar refractivity (Wildman–Crippen MR) is 82.4 cm³/mol. The molecule has 1 aromatic rings. The Bertz CT molecular complexity index is 704. The monoisotopic (exact) mass is 364 g/mol. The molecule has 1 heterocycles. The molecule has 1 unspecified atom stereocenters. The van der Waals surface area contributed by atoms with Gasteiger partial charge in [0.1, 0.15) is 0 Å². The highest BCUT2D eigenvalue weighted by Crippen LogP contribution is 2.29. The molecule has 2 rings (SSSR count). The van der Waals surface area contributed by atoms with Crippen LogP contribution in [-0.4, -0.2) is 38.0 Å². The molecule has 5 nitrogen and oxygen atoms in total. The van der Waals surface area contributed by atoms with Crippen LogP contribution < -0.4 is 5.32 Å². The van der Waals surface area contributed by atoms with E-state index in [0.717, 1.165) is 18.4 Å². The summed E-state index contributed by atoms with van der Waals surface area (Å²) < 4.78 is 62.1. The Hall–Kier alpha value is -1.61. The number of sulfonamides is 1. The van der Waals surface area contributed by atoms with Crippen molar-refractivity contribution in [2.24, 2.45) is 5.92 Å². The molecular formula is C15H19F3N2O3S. The van der Waals surface area contributed by atoms with Crippen LogP contribution in [-0.2, 0) is 27.5 Å². The van der Waals surface area contributed by atoms with Crippen molar-refractivity contribution in [1.29, 1.82) is 0 Å². The van der Waals surface area contributed by atoms with Crippen LogP contribution in [0.5, 0.6) is 0 Å². The van der Waals surface area contributed by atoms with E-state index in [0.29, 0.717) is 25.1 Å². The van der Waals surface area contributed by atoms with Crippen LogP contribution in [0.3, 0.4) is 0 Å². The quantitative estimate of drug-likeness (QED) is 0.869. The van der Waals surface area contributed by atoms with E-state index in [-0.39, 0.29) is 24.8 Å². The molecule has 0 saturated carbocycles. The molecule has 1 aliphatic heterocycles. The number of nitrogens with one attached hydrogen (secondary N) is 1. The van der Waals surface area contributed by atoms with Crippen molar-refractivity contribution in [3.8, 4) is 0 Å². The second-order valence-electron chi connectivity index (χ2n) is 5.95. The Balaban J connectivity index is 1.84. The maximum Gasteiger partial charge on any atom is 0.416 e. The Kier molecular flexibility index (Phi) is 5.54. The largest absolute Gasteiger partial charge is 0.416 e. The Morgan fingerprint density at radius 3 is 2.67 bits per heavy atom. The zero-order valence-electron chi connectivity index (χ0n) is 13.1. The van der Waals surface area contributed by atoms with E-state index in [1.54, 1.807) is 0 Å². The molecule has 1 aliphatic rings. The zero-order valence-corrected chi connectivity index (χ0v) is 14.0. The summed E-state index contributed by atoms with van der Waals surface area (Å²) in [6.07, 6.45) is -2.53. The average molecular weight is 364 g/mol. The number of carbonyl (C=O) groups excluding carboxylic acids is 1. The fourth-order valence-electron chi connectivity index (χ4n) is 2.66. The third-order valence-corrected chi connectivity index (χ3v) is 5.21. The van der Waals surface area contributed by atoms with Gasteiger partial charge in [-0.05, 0) is 30.0 Å². The first-order chi connectivity index (χ1) is 11.1. The lowest BCUT2D eigenvalue weighted by atomic mass is 10.0. The van der Waals surface area contributed by atoms with Crippen LogP contribution >= 0.6 is 0 Å². The zero-order chi connectivity index (χ0) is 18.0. The molecule has 1 fully saturated rings. The summed E-state index contributed by atoms with van der Waals surface area (Å²) in [6, 6.07) is 4.78. The average Bonchev–Trinajstić information content (AvgIpc) is 2.93. The summed E-state index contributed by atoms with van der Waals surface area (Å²) in [5.41, 5.74) is -0.392. The van der Waals surface area contributed by atoms with Gasteiger partial charge in [-0.15, -0.1) is 0 Å². The minimum Gasteiger partial charge on any atom is -0.352 e. The van der Waals surface area contributed by atoms with Gasteiger partial charge < -0.3 is 5.32 Å². The minimum absolute atomic E-state index is 0.00522. The molecule has 0 spiro atoms. The molecule has 24 heavy (non-hydrogen) atoms. The standard InChI is InChI=1S/C15H19F3N2O3S/c1-24(22,23)20-6-5-12(10-20)8-14(21)19-9-11-3-2-4-13(7-11)15(16,17)18/h2-4,7,12H,5-6,8-10H2,1H3,(H,19,21). The number of hydrogen-bond donors (Lipinski definition) is 1. The van der Waals surface area contributed by atoms with Gasteiger partial charge in [-0.1, -0.05) is 12.1 Å². The maximum atomic E-state index is 12.6. The first-order valence-electron chi connectivity index (χ1n) is 7.43. The summed E-state index contributed by atoms with van der Waals surface area (Å²) in [4.78, 5) is 11.9. The van der Waals surface area contributed by atoms with Gasteiger partial charge in [0.05, 0.1) is 11.8 Å². The van der Waals surface area contributed by atoms with Crippen LogP contribution in [0.1, 0.15) is 24.0 Å². The van der Waals surface area contributed by atoms with Gasteiger partial charge >= 0.3 is 6.18 Å². The van der Waals surface area contributed by atoms with Crippen molar-refractivity contribution in [2.75, 3.05) is 19.3 Å². The smallest absolute Gasteiger partial charge is 0.352 e.